The maximum atomic E-state index is 14.1. The minimum Gasteiger partial charge on any atom is -0.379 e. The Morgan fingerprint density at radius 1 is 1.19 bits per heavy atom. The number of piperidine rings is 1. The van der Waals surface area contributed by atoms with E-state index in [1.54, 1.807) is 22.4 Å². The van der Waals surface area contributed by atoms with Crippen molar-refractivity contribution < 1.29 is 17.9 Å². The Morgan fingerprint density at radius 3 is 2.81 bits per heavy atom. The van der Waals surface area contributed by atoms with Crippen LogP contribution in [-0.4, -0.2) is 80.5 Å². The highest BCUT2D eigenvalue weighted by molar-refractivity contribution is 9.10. The van der Waals surface area contributed by atoms with E-state index in [1.165, 1.54) is 27.0 Å². The maximum absolute atomic E-state index is 14.1. The predicted molar refractivity (Wildman–Crippen MR) is 147 cm³/mol. The number of thiazole rings is 1. The van der Waals surface area contributed by atoms with Crippen molar-refractivity contribution in [2.75, 3.05) is 50.8 Å². The average molecular weight is 614 g/mol. The number of benzene rings is 1. The zero-order valence-electron chi connectivity index (χ0n) is 19.8. The summed E-state index contributed by atoms with van der Waals surface area (Å²) in [6.07, 6.45) is 2.86. The van der Waals surface area contributed by atoms with Crippen LogP contribution in [0.5, 0.6) is 0 Å². The number of carbonyl (C=O) groups is 1. The van der Waals surface area contributed by atoms with Gasteiger partial charge in [0.2, 0.25) is 5.91 Å². The number of hydrogen-bond donors (Lipinski definition) is 0. The molecule has 2 fully saturated rings. The van der Waals surface area contributed by atoms with Gasteiger partial charge in [0.05, 0.1) is 23.4 Å². The molecule has 1 atom stereocenters. The van der Waals surface area contributed by atoms with Crippen molar-refractivity contribution in [1.29, 1.82) is 0 Å². The zero-order chi connectivity index (χ0) is 25.1. The maximum Gasteiger partial charge on any atom is 0.253 e. The van der Waals surface area contributed by atoms with Gasteiger partial charge in [-0.25, -0.2) is 13.4 Å². The van der Waals surface area contributed by atoms with Gasteiger partial charge in [-0.05, 0) is 48.9 Å². The molecule has 2 aliphatic heterocycles. The number of morpholine rings is 1. The summed E-state index contributed by atoms with van der Waals surface area (Å²) < 4.78 is 36.0. The van der Waals surface area contributed by atoms with Crippen molar-refractivity contribution in [1.82, 2.24) is 14.2 Å². The summed E-state index contributed by atoms with van der Waals surface area (Å²) in [6.45, 7) is 4.92. The lowest BCUT2D eigenvalue weighted by Crippen LogP contribution is -2.53. The average Bonchev–Trinajstić information content (AvgIpc) is 3.57. The molecular weight excluding hydrogens is 584 g/mol. The van der Waals surface area contributed by atoms with E-state index in [-0.39, 0.29) is 10.1 Å². The van der Waals surface area contributed by atoms with Gasteiger partial charge in [0.1, 0.15) is 10.3 Å². The van der Waals surface area contributed by atoms with Crippen molar-refractivity contribution >= 4 is 69.9 Å². The third kappa shape index (κ3) is 5.69. The number of sulfonamides is 1. The molecule has 3 aromatic rings. The number of aromatic nitrogens is 1. The third-order valence-corrected chi connectivity index (χ3v) is 11.4. The van der Waals surface area contributed by atoms with Crippen LogP contribution in [0.15, 0.2) is 44.4 Å². The van der Waals surface area contributed by atoms with Crippen molar-refractivity contribution in [3.05, 3.63) is 40.2 Å². The highest BCUT2D eigenvalue weighted by Gasteiger charge is 2.40. The van der Waals surface area contributed by atoms with E-state index in [0.717, 1.165) is 66.8 Å². The van der Waals surface area contributed by atoms with Crippen molar-refractivity contribution in [3.63, 3.8) is 0 Å². The molecule has 2 aliphatic rings. The number of ether oxygens (including phenoxy) is 1. The van der Waals surface area contributed by atoms with Gasteiger partial charge in [-0.3, -0.25) is 14.6 Å². The van der Waals surface area contributed by atoms with E-state index in [2.05, 4.69) is 20.8 Å². The molecule has 1 amide bonds. The number of hydrogen-bond acceptors (Lipinski definition) is 8. The van der Waals surface area contributed by atoms with Crippen LogP contribution in [0.25, 0.3) is 10.2 Å². The first-order valence-corrected chi connectivity index (χ1v) is 16.1. The third-order valence-electron chi connectivity index (χ3n) is 6.59. The van der Waals surface area contributed by atoms with Gasteiger partial charge >= 0.3 is 0 Å². The van der Waals surface area contributed by atoms with E-state index >= 15 is 0 Å². The smallest absolute Gasteiger partial charge is 0.253 e. The number of carbonyl (C=O) groups excluding carboxylic acids is 1. The molecule has 36 heavy (non-hydrogen) atoms. The van der Waals surface area contributed by atoms with E-state index in [1.807, 2.05) is 18.2 Å². The Labute approximate surface area is 228 Å². The lowest BCUT2D eigenvalue weighted by Gasteiger charge is -2.36. The highest BCUT2D eigenvalue weighted by Crippen LogP contribution is 2.34. The molecule has 4 heterocycles. The number of rotatable bonds is 8. The number of thiophene rings is 1. The standard InChI is InChI=1S/C24H29BrN4O4S3/c25-18-7-8-19-21(17-18)35-24(26-19)28(10-4-9-27-12-14-33-15-13-27)23(30)20-5-1-2-11-29(20)36(31,32)22-6-3-16-34-22/h3,6-8,16-17,20H,1-2,4-5,9-15H2. The molecule has 1 aromatic carbocycles. The number of amides is 1. The minimum atomic E-state index is -3.74. The largest absolute Gasteiger partial charge is 0.379 e. The van der Waals surface area contributed by atoms with Crippen molar-refractivity contribution in [2.45, 2.75) is 35.9 Å². The summed E-state index contributed by atoms with van der Waals surface area (Å²) in [6, 6.07) is 8.49. The number of nitrogens with zero attached hydrogens (tertiary/aromatic N) is 4. The van der Waals surface area contributed by atoms with Gasteiger partial charge in [-0.1, -0.05) is 39.8 Å². The number of fused-ring (bicyclic) bond motifs is 1. The summed E-state index contributed by atoms with van der Waals surface area (Å²) in [7, 11) is -3.74. The molecule has 0 N–H and O–H groups in total. The molecular formula is C24H29BrN4O4S3. The van der Waals surface area contributed by atoms with Crippen LogP contribution in [0.2, 0.25) is 0 Å². The second kappa shape index (κ2) is 11.5. The molecule has 0 radical (unpaired) electrons. The van der Waals surface area contributed by atoms with Crippen LogP contribution in [0.4, 0.5) is 5.13 Å². The van der Waals surface area contributed by atoms with Crippen LogP contribution < -0.4 is 4.90 Å². The van der Waals surface area contributed by atoms with Crippen LogP contribution >= 0.6 is 38.6 Å². The van der Waals surface area contributed by atoms with Crippen molar-refractivity contribution in [3.8, 4) is 0 Å². The SMILES string of the molecule is O=C(C1CCCCN1S(=O)(=O)c1cccs1)N(CCCN1CCOCC1)c1nc2ccc(Br)cc2s1. The fraction of sp³-hybridized carbons (Fsp3) is 0.500. The van der Waals surface area contributed by atoms with E-state index < -0.39 is 16.1 Å². The lowest BCUT2D eigenvalue weighted by atomic mass is 10.0. The number of anilines is 1. The highest BCUT2D eigenvalue weighted by atomic mass is 79.9. The normalized spacial score (nSPS) is 20.1. The van der Waals surface area contributed by atoms with Crippen LogP contribution in [0.3, 0.4) is 0 Å². The van der Waals surface area contributed by atoms with Crippen LogP contribution in [0.1, 0.15) is 25.7 Å². The van der Waals surface area contributed by atoms with Gasteiger partial charge in [0.15, 0.2) is 5.13 Å². The molecule has 0 aliphatic carbocycles. The molecule has 0 saturated carbocycles. The summed E-state index contributed by atoms with van der Waals surface area (Å²) in [4.78, 5) is 22.9. The summed E-state index contributed by atoms with van der Waals surface area (Å²) in [5.41, 5.74) is 0.830. The fourth-order valence-electron chi connectivity index (χ4n) is 4.72. The first-order chi connectivity index (χ1) is 17.4. The summed E-state index contributed by atoms with van der Waals surface area (Å²) in [5.74, 6) is -0.185. The monoisotopic (exact) mass is 612 g/mol. The number of halogens is 1. The van der Waals surface area contributed by atoms with Gasteiger partial charge in [-0.15, -0.1) is 11.3 Å². The second-order valence-corrected chi connectivity index (χ2v) is 14.0. The van der Waals surface area contributed by atoms with Gasteiger partial charge in [0.25, 0.3) is 10.0 Å². The Hall–Kier alpha value is -1.41. The first-order valence-electron chi connectivity index (χ1n) is 12.2. The molecule has 0 bridgehead atoms. The molecule has 5 rings (SSSR count). The first kappa shape index (κ1) is 26.2. The van der Waals surface area contributed by atoms with E-state index in [4.69, 9.17) is 9.72 Å². The van der Waals surface area contributed by atoms with Gasteiger partial charge < -0.3 is 4.74 Å². The molecule has 2 aromatic heterocycles. The molecule has 2 saturated heterocycles. The molecule has 0 spiro atoms. The Kier molecular flexibility index (Phi) is 8.40. The quantitative estimate of drug-likeness (QED) is 0.374. The van der Waals surface area contributed by atoms with Gasteiger partial charge in [0, 0.05) is 37.2 Å². The molecule has 12 heteroatoms. The Morgan fingerprint density at radius 2 is 2.03 bits per heavy atom. The summed E-state index contributed by atoms with van der Waals surface area (Å²) in [5, 5.41) is 2.37. The Balaban J connectivity index is 1.42. The van der Waals surface area contributed by atoms with Crippen LogP contribution in [0, 0.1) is 0 Å². The topological polar surface area (TPSA) is 83.1 Å². The predicted octanol–water partition coefficient (Wildman–Crippen LogP) is 4.42. The van der Waals surface area contributed by atoms with E-state index in [0.29, 0.717) is 24.6 Å². The second-order valence-electron chi connectivity index (χ2n) is 8.97. The molecule has 1 unspecified atom stereocenters. The Bertz CT molecular complexity index is 1290. The fourth-order valence-corrected chi connectivity index (χ4v) is 9.04. The van der Waals surface area contributed by atoms with Crippen LogP contribution in [-0.2, 0) is 19.6 Å². The zero-order valence-corrected chi connectivity index (χ0v) is 23.9. The minimum absolute atomic E-state index is 0.185. The van der Waals surface area contributed by atoms with E-state index in [9.17, 15) is 13.2 Å². The van der Waals surface area contributed by atoms with Gasteiger partial charge in [-0.2, -0.15) is 4.31 Å². The molecule has 194 valence electrons. The van der Waals surface area contributed by atoms with Crippen molar-refractivity contribution in [2.24, 2.45) is 0 Å². The summed E-state index contributed by atoms with van der Waals surface area (Å²) >= 11 is 6.17. The lowest BCUT2D eigenvalue weighted by molar-refractivity contribution is -0.123. The molecule has 8 nitrogen and oxygen atoms in total.